The molecule has 2 aliphatic rings. The van der Waals surface area contributed by atoms with Gasteiger partial charge in [0.25, 0.3) is 5.91 Å². The number of hydrogen-bond donors (Lipinski definition) is 4. The molecular weight excluding hydrogens is 346 g/mol. The van der Waals surface area contributed by atoms with E-state index in [2.05, 4.69) is 27.5 Å². The number of methoxy groups -OCH3 is 1. The number of nitrogens with two attached hydrogens (primary N) is 1. The summed E-state index contributed by atoms with van der Waals surface area (Å²) in [4.78, 5) is 20.6. The minimum Gasteiger partial charge on any atom is -0.393 e. The van der Waals surface area contributed by atoms with Gasteiger partial charge in [0, 0.05) is 25.4 Å². The van der Waals surface area contributed by atoms with Gasteiger partial charge in [-0.25, -0.2) is 4.98 Å². The first kappa shape index (κ1) is 19.8. The second-order valence-electron chi connectivity index (χ2n) is 7.87. The summed E-state index contributed by atoms with van der Waals surface area (Å²) in [5.41, 5.74) is 5.77. The average Bonchev–Trinajstić information content (AvgIpc) is 2.65. The number of aliphatic hydroxyl groups excluding tert-OH is 1. The number of nitrogens with zero attached hydrogens (tertiary/aromatic N) is 2. The number of primary amides is 1. The van der Waals surface area contributed by atoms with Gasteiger partial charge < -0.3 is 26.2 Å². The van der Waals surface area contributed by atoms with E-state index in [9.17, 15) is 9.90 Å². The summed E-state index contributed by atoms with van der Waals surface area (Å²) >= 11 is 0. The van der Waals surface area contributed by atoms with Crippen LogP contribution in [0.3, 0.4) is 0 Å². The van der Waals surface area contributed by atoms with Crippen molar-refractivity contribution in [3.8, 4) is 0 Å². The van der Waals surface area contributed by atoms with Crippen molar-refractivity contribution >= 4 is 17.7 Å². The fourth-order valence-corrected chi connectivity index (χ4v) is 3.99. The number of amides is 1. The maximum atomic E-state index is 11.8. The van der Waals surface area contributed by atoms with Crippen molar-refractivity contribution in [2.24, 2.45) is 11.7 Å². The normalized spacial score (nSPS) is 31.3. The van der Waals surface area contributed by atoms with Crippen LogP contribution < -0.4 is 16.4 Å². The van der Waals surface area contributed by atoms with E-state index in [4.69, 9.17) is 10.5 Å². The summed E-state index contributed by atoms with van der Waals surface area (Å²) in [6.07, 6.45) is 7.96. The Balaban J connectivity index is 1.68. The molecule has 0 spiro atoms. The van der Waals surface area contributed by atoms with Gasteiger partial charge in [0.2, 0.25) is 5.95 Å². The van der Waals surface area contributed by atoms with Gasteiger partial charge in [-0.1, -0.05) is 6.92 Å². The molecule has 0 unspecified atom stereocenters. The quantitative estimate of drug-likeness (QED) is 0.597. The highest BCUT2D eigenvalue weighted by molar-refractivity contribution is 5.97. The van der Waals surface area contributed by atoms with Crippen molar-refractivity contribution in [3.63, 3.8) is 0 Å². The number of aliphatic hydroxyl groups is 1. The molecule has 1 heterocycles. The van der Waals surface area contributed by atoms with E-state index in [0.29, 0.717) is 36.3 Å². The van der Waals surface area contributed by atoms with Crippen LogP contribution in [0.15, 0.2) is 6.20 Å². The Morgan fingerprint density at radius 3 is 2.52 bits per heavy atom. The van der Waals surface area contributed by atoms with Crippen LogP contribution >= 0.6 is 0 Å². The van der Waals surface area contributed by atoms with Crippen molar-refractivity contribution in [2.45, 2.75) is 76.2 Å². The summed E-state index contributed by atoms with van der Waals surface area (Å²) in [6.45, 7) is 2.06. The number of carbonyl (C=O) groups is 1. The fraction of sp³-hybridized carbons (Fsp3) is 0.737. The first-order valence-corrected chi connectivity index (χ1v) is 9.87. The monoisotopic (exact) mass is 377 g/mol. The highest BCUT2D eigenvalue weighted by Gasteiger charge is 2.27. The maximum absolute atomic E-state index is 11.8. The van der Waals surface area contributed by atoms with Gasteiger partial charge in [-0.3, -0.25) is 4.79 Å². The molecule has 2 fully saturated rings. The van der Waals surface area contributed by atoms with E-state index in [1.807, 2.05) is 0 Å². The number of ether oxygens (including phenoxy) is 1. The smallest absolute Gasteiger partial charge is 0.254 e. The second kappa shape index (κ2) is 8.84. The van der Waals surface area contributed by atoms with Gasteiger partial charge in [0.1, 0.15) is 5.82 Å². The van der Waals surface area contributed by atoms with Gasteiger partial charge in [0.15, 0.2) is 0 Å². The number of anilines is 2. The van der Waals surface area contributed by atoms with Crippen LogP contribution in [-0.2, 0) is 4.74 Å². The highest BCUT2D eigenvalue weighted by Crippen LogP contribution is 2.28. The summed E-state index contributed by atoms with van der Waals surface area (Å²) in [6, 6.07) is 0.357. The molecule has 0 aromatic carbocycles. The van der Waals surface area contributed by atoms with Crippen LogP contribution in [0.5, 0.6) is 0 Å². The fourth-order valence-electron chi connectivity index (χ4n) is 3.99. The Bertz CT molecular complexity index is 648. The van der Waals surface area contributed by atoms with Crippen LogP contribution in [-0.4, -0.2) is 52.4 Å². The molecule has 2 saturated carbocycles. The number of nitrogens with one attached hydrogen (secondary N) is 2. The average molecular weight is 377 g/mol. The maximum Gasteiger partial charge on any atom is 0.254 e. The van der Waals surface area contributed by atoms with Crippen LogP contribution in [0.1, 0.15) is 62.2 Å². The topological polar surface area (TPSA) is 122 Å². The van der Waals surface area contributed by atoms with Gasteiger partial charge in [0.05, 0.1) is 17.8 Å². The van der Waals surface area contributed by atoms with Crippen molar-refractivity contribution in [2.75, 3.05) is 17.7 Å². The lowest BCUT2D eigenvalue weighted by atomic mass is 9.85. The lowest BCUT2D eigenvalue weighted by Crippen LogP contribution is -2.36. The van der Waals surface area contributed by atoms with Crippen molar-refractivity contribution < 1.29 is 14.6 Å². The number of rotatable bonds is 6. The third-order valence-corrected chi connectivity index (χ3v) is 5.89. The first-order chi connectivity index (χ1) is 13.0. The van der Waals surface area contributed by atoms with E-state index in [0.717, 1.165) is 38.5 Å². The largest absolute Gasteiger partial charge is 0.393 e. The number of carbonyl (C=O) groups excluding carboxylic acids is 1. The molecule has 1 aromatic heterocycles. The zero-order chi connectivity index (χ0) is 19.4. The molecule has 1 amide bonds. The molecule has 1 aromatic rings. The second-order valence-corrected chi connectivity index (χ2v) is 7.87. The molecule has 0 saturated heterocycles. The molecule has 0 bridgehead atoms. The molecule has 3 atom stereocenters. The van der Waals surface area contributed by atoms with Gasteiger partial charge >= 0.3 is 0 Å². The molecule has 0 aliphatic heterocycles. The first-order valence-electron chi connectivity index (χ1n) is 9.87. The van der Waals surface area contributed by atoms with Gasteiger partial charge in [-0.2, -0.15) is 4.98 Å². The molecule has 3 rings (SSSR count). The predicted molar refractivity (Wildman–Crippen MR) is 104 cm³/mol. The molecule has 8 heteroatoms. The third kappa shape index (κ3) is 5.07. The molecule has 150 valence electrons. The Kier molecular flexibility index (Phi) is 6.49. The van der Waals surface area contributed by atoms with Crippen molar-refractivity contribution in [1.29, 1.82) is 0 Å². The number of hydrogen-bond acceptors (Lipinski definition) is 7. The van der Waals surface area contributed by atoms with Crippen LogP contribution in [0.2, 0.25) is 0 Å². The SMILES string of the molecule is CO[C@H]1CC[C@H](Nc2ncc(C(N)=O)c(N[C@H]3CC[C@H](C)[C@@H](O)C3)n2)CC1. The Morgan fingerprint density at radius 2 is 1.89 bits per heavy atom. The molecule has 2 aliphatic carbocycles. The lowest BCUT2D eigenvalue weighted by molar-refractivity contribution is 0.0681. The minimum atomic E-state index is -0.561. The van der Waals surface area contributed by atoms with Crippen LogP contribution in [0.25, 0.3) is 0 Å². The zero-order valence-corrected chi connectivity index (χ0v) is 16.1. The molecule has 8 nitrogen and oxygen atoms in total. The molecule has 27 heavy (non-hydrogen) atoms. The Hall–Kier alpha value is -1.93. The van der Waals surface area contributed by atoms with E-state index in [1.165, 1.54) is 6.20 Å². The standard InChI is InChI=1S/C19H31N5O3/c1-11-3-4-13(9-16(11)25)22-18-15(17(20)26)10-21-19(24-18)23-12-5-7-14(27-2)8-6-12/h10-14,16,25H,3-9H2,1-2H3,(H2,20,26)(H2,21,22,23,24)/t11-,12-,13-,14-,16-/m0/s1. The molecule has 0 radical (unpaired) electrons. The van der Waals surface area contributed by atoms with E-state index < -0.39 is 5.91 Å². The highest BCUT2D eigenvalue weighted by atomic mass is 16.5. The summed E-state index contributed by atoms with van der Waals surface area (Å²) in [5, 5.41) is 16.8. The van der Waals surface area contributed by atoms with Crippen LogP contribution in [0.4, 0.5) is 11.8 Å². The van der Waals surface area contributed by atoms with Crippen molar-refractivity contribution in [3.05, 3.63) is 11.8 Å². The van der Waals surface area contributed by atoms with Gasteiger partial charge in [-0.15, -0.1) is 0 Å². The Morgan fingerprint density at radius 1 is 1.19 bits per heavy atom. The summed E-state index contributed by atoms with van der Waals surface area (Å²) in [5.74, 6) is 0.670. The zero-order valence-electron chi connectivity index (χ0n) is 16.1. The molecule has 5 N–H and O–H groups in total. The third-order valence-electron chi connectivity index (χ3n) is 5.89. The summed E-state index contributed by atoms with van der Waals surface area (Å²) < 4.78 is 5.41. The summed E-state index contributed by atoms with van der Waals surface area (Å²) in [7, 11) is 1.75. The van der Waals surface area contributed by atoms with Crippen molar-refractivity contribution in [1.82, 2.24) is 9.97 Å². The molecular formula is C19H31N5O3. The van der Waals surface area contributed by atoms with Gasteiger partial charge in [-0.05, 0) is 50.9 Å². The predicted octanol–water partition coefficient (Wildman–Crippen LogP) is 1.91. The van der Waals surface area contributed by atoms with E-state index in [-0.39, 0.29) is 17.7 Å². The van der Waals surface area contributed by atoms with E-state index in [1.54, 1.807) is 7.11 Å². The minimum absolute atomic E-state index is 0.0641. The van der Waals surface area contributed by atoms with E-state index >= 15 is 0 Å². The van der Waals surface area contributed by atoms with Crippen LogP contribution in [0, 0.1) is 5.92 Å². The number of aromatic nitrogens is 2. The Labute approximate surface area is 160 Å². The lowest BCUT2D eigenvalue weighted by Gasteiger charge is -2.32.